The Kier molecular flexibility index (Phi) is 12.3. The summed E-state index contributed by atoms with van der Waals surface area (Å²) in [6.07, 6.45) is 0. The average Bonchev–Trinajstić information content (AvgIpc) is 2.47. The maximum absolute atomic E-state index is 5.29. The minimum absolute atomic E-state index is 0.659. The fourth-order valence-electron chi connectivity index (χ4n) is 1.90. The zero-order valence-electron chi connectivity index (χ0n) is 13.4. The van der Waals surface area contributed by atoms with Gasteiger partial charge in [-0.05, 0) is 26.2 Å². The first-order valence-electron chi connectivity index (χ1n) is 7.59. The second kappa shape index (κ2) is 12.4. The molecule has 0 heterocycles. The van der Waals surface area contributed by atoms with Crippen LogP contribution in [0.25, 0.3) is 0 Å². The second-order valence-electron chi connectivity index (χ2n) is 4.57. The van der Waals surface area contributed by atoms with E-state index in [0.717, 1.165) is 52.4 Å². The molecule has 118 valence electrons. The van der Waals surface area contributed by atoms with Crippen molar-refractivity contribution in [2.75, 3.05) is 52.4 Å². The minimum Gasteiger partial charge on any atom is -0.373 e. The van der Waals surface area contributed by atoms with Crippen LogP contribution in [0.2, 0.25) is 0 Å². The normalized spacial score (nSPS) is 10.9. The molecule has 0 atom stereocenters. The lowest BCUT2D eigenvalue weighted by molar-refractivity contribution is 0.308. The molecular formula is C14H30N4S2. The van der Waals surface area contributed by atoms with Crippen LogP contribution in [-0.2, 0) is 0 Å². The standard InChI is InChI=1S/C14H30N4S2/c1-5-17(6-2)11-9-15-13(19)14(20)16-10-12-18(7-3)8-4/h5-12H2,1-4H3,(H,15,19)(H,16,20). The fraction of sp³-hybridized carbons (Fsp3) is 0.857. The van der Waals surface area contributed by atoms with Gasteiger partial charge in [0.15, 0.2) is 0 Å². The van der Waals surface area contributed by atoms with Crippen LogP contribution in [0, 0.1) is 0 Å². The van der Waals surface area contributed by atoms with Gasteiger partial charge in [-0.3, -0.25) is 0 Å². The molecule has 0 amide bonds. The van der Waals surface area contributed by atoms with E-state index in [2.05, 4.69) is 48.1 Å². The van der Waals surface area contributed by atoms with E-state index in [1.165, 1.54) is 0 Å². The molecule has 0 radical (unpaired) electrons. The molecule has 0 aromatic rings. The van der Waals surface area contributed by atoms with Crippen molar-refractivity contribution in [1.29, 1.82) is 0 Å². The number of thiocarbonyl (C=S) groups is 2. The number of hydrogen-bond acceptors (Lipinski definition) is 4. The molecule has 20 heavy (non-hydrogen) atoms. The summed E-state index contributed by atoms with van der Waals surface area (Å²) < 4.78 is 0. The highest BCUT2D eigenvalue weighted by atomic mass is 32.1. The van der Waals surface area contributed by atoms with Gasteiger partial charge in [-0.1, -0.05) is 52.1 Å². The Morgan fingerprint density at radius 3 is 1.25 bits per heavy atom. The number of rotatable bonds is 10. The topological polar surface area (TPSA) is 30.5 Å². The van der Waals surface area contributed by atoms with Crippen molar-refractivity contribution in [2.24, 2.45) is 0 Å². The van der Waals surface area contributed by atoms with Crippen molar-refractivity contribution in [3.05, 3.63) is 0 Å². The van der Waals surface area contributed by atoms with Crippen molar-refractivity contribution in [3.63, 3.8) is 0 Å². The number of hydrogen-bond donors (Lipinski definition) is 2. The van der Waals surface area contributed by atoms with E-state index in [0.29, 0.717) is 9.98 Å². The van der Waals surface area contributed by atoms with E-state index < -0.39 is 0 Å². The third-order valence-corrected chi connectivity index (χ3v) is 4.25. The molecule has 0 aliphatic rings. The molecule has 0 bridgehead atoms. The molecule has 0 aromatic carbocycles. The van der Waals surface area contributed by atoms with Gasteiger partial charge in [0.1, 0.15) is 9.98 Å². The molecule has 0 spiro atoms. The molecule has 0 unspecified atom stereocenters. The summed E-state index contributed by atoms with van der Waals surface area (Å²) in [6, 6.07) is 0. The average molecular weight is 319 g/mol. The Labute approximate surface area is 135 Å². The summed E-state index contributed by atoms with van der Waals surface area (Å²) in [5, 5.41) is 6.44. The maximum atomic E-state index is 5.29. The van der Waals surface area contributed by atoms with Gasteiger partial charge in [0.05, 0.1) is 0 Å². The van der Waals surface area contributed by atoms with Gasteiger partial charge in [-0.25, -0.2) is 0 Å². The molecule has 2 N–H and O–H groups in total. The van der Waals surface area contributed by atoms with Crippen molar-refractivity contribution >= 4 is 34.4 Å². The monoisotopic (exact) mass is 318 g/mol. The molecule has 6 heteroatoms. The lowest BCUT2D eigenvalue weighted by atomic mass is 10.4. The van der Waals surface area contributed by atoms with Crippen LogP contribution < -0.4 is 10.6 Å². The first-order valence-corrected chi connectivity index (χ1v) is 8.41. The van der Waals surface area contributed by atoms with Crippen LogP contribution in [-0.4, -0.2) is 72.1 Å². The second-order valence-corrected chi connectivity index (χ2v) is 5.38. The minimum atomic E-state index is 0.659. The fourth-order valence-corrected chi connectivity index (χ4v) is 2.24. The number of likely N-dealkylation sites (N-methyl/N-ethyl adjacent to an activating group) is 2. The lowest BCUT2D eigenvalue weighted by Gasteiger charge is -2.20. The summed E-state index contributed by atoms with van der Waals surface area (Å²) in [5.74, 6) is 0. The Bertz CT molecular complexity index is 248. The largest absolute Gasteiger partial charge is 0.373 e. The van der Waals surface area contributed by atoms with E-state index in [1.54, 1.807) is 0 Å². The molecule has 0 aliphatic heterocycles. The van der Waals surface area contributed by atoms with Gasteiger partial charge in [0.25, 0.3) is 0 Å². The van der Waals surface area contributed by atoms with Crippen LogP contribution >= 0.6 is 24.4 Å². The highest BCUT2D eigenvalue weighted by Crippen LogP contribution is 1.87. The van der Waals surface area contributed by atoms with Crippen molar-refractivity contribution in [1.82, 2.24) is 20.4 Å². The van der Waals surface area contributed by atoms with E-state index in [4.69, 9.17) is 24.4 Å². The summed E-state index contributed by atoms with van der Waals surface area (Å²) in [5.41, 5.74) is 0. The summed E-state index contributed by atoms with van der Waals surface area (Å²) in [6.45, 7) is 16.6. The van der Waals surface area contributed by atoms with Crippen LogP contribution in [0.15, 0.2) is 0 Å². The Balaban J connectivity index is 3.79. The predicted molar refractivity (Wildman–Crippen MR) is 96.8 cm³/mol. The van der Waals surface area contributed by atoms with E-state index in [-0.39, 0.29) is 0 Å². The number of nitrogens with zero attached hydrogens (tertiary/aromatic N) is 2. The van der Waals surface area contributed by atoms with Crippen LogP contribution in [0.1, 0.15) is 27.7 Å². The lowest BCUT2D eigenvalue weighted by Crippen LogP contribution is -2.43. The predicted octanol–water partition coefficient (Wildman–Crippen LogP) is 1.50. The third kappa shape index (κ3) is 8.79. The summed E-state index contributed by atoms with van der Waals surface area (Å²) >= 11 is 10.6. The first-order chi connectivity index (χ1) is 9.58. The zero-order valence-corrected chi connectivity index (χ0v) is 15.0. The smallest absolute Gasteiger partial charge is 0.134 e. The zero-order chi connectivity index (χ0) is 15.4. The maximum Gasteiger partial charge on any atom is 0.134 e. The van der Waals surface area contributed by atoms with Gasteiger partial charge in [-0.2, -0.15) is 0 Å². The summed E-state index contributed by atoms with van der Waals surface area (Å²) in [7, 11) is 0. The molecule has 0 saturated carbocycles. The van der Waals surface area contributed by atoms with Crippen molar-refractivity contribution in [2.45, 2.75) is 27.7 Å². The summed E-state index contributed by atoms with van der Waals surface area (Å²) in [4.78, 5) is 6.03. The van der Waals surface area contributed by atoms with Crippen LogP contribution in [0.4, 0.5) is 0 Å². The molecule has 4 nitrogen and oxygen atoms in total. The molecule has 0 saturated heterocycles. The quantitative estimate of drug-likeness (QED) is 0.594. The van der Waals surface area contributed by atoms with Gasteiger partial charge >= 0.3 is 0 Å². The van der Waals surface area contributed by atoms with Crippen LogP contribution in [0.5, 0.6) is 0 Å². The van der Waals surface area contributed by atoms with E-state index in [9.17, 15) is 0 Å². The SMILES string of the molecule is CCN(CC)CCNC(=S)C(=S)NCCN(CC)CC. The number of nitrogens with one attached hydrogen (secondary N) is 2. The highest BCUT2D eigenvalue weighted by Gasteiger charge is 2.05. The Hall–Kier alpha value is -0.300. The van der Waals surface area contributed by atoms with Gasteiger partial charge < -0.3 is 20.4 Å². The van der Waals surface area contributed by atoms with Gasteiger partial charge in [0.2, 0.25) is 0 Å². The molecule has 0 fully saturated rings. The Morgan fingerprint density at radius 2 is 1.00 bits per heavy atom. The molecule has 0 rings (SSSR count). The van der Waals surface area contributed by atoms with Crippen LogP contribution in [0.3, 0.4) is 0 Å². The van der Waals surface area contributed by atoms with Gasteiger partial charge in [0, 0.05) is 26.2 Å². The van der Waals surface area contributed by atoms with Crippen molar-refractivity contribution in [3.8, 4) is 0 Å². The van der Waals surface area contributed by atoms with E-state index in [1.807, 2.05) is 0 Å². The first kappa shape index (κ1) is 19.7. The third-order valence-electron chi connectivity index (χ3n) is 3.42. The van der Waals surface area contributed by atoms with Gasteiger partial charge in [-0.15, -0.1) is 0 Å². The Morgan fingerprint density at radius 1 is 0.700 bits per heavy atom. The highest BCUT2D eigenvalue weighted by molar-refractivity contribution is 7.89. The molecule has 0 aliphatic carbocycles. The molecule has 0 aromatic heterocycles. The van der Waals surface area contributed by atoms with E-state index >= 15 is 0 Å². The molecular weight excluding hydrogens is 288 g/mol. The van der Waals surface area contributed by atoms with Crippen molar-refractivity contribution < 1.29 is 0 Å².